The predicted octanol–water partition coefficient (Wildman–Crippen LogP) is 4.69. The predicted molar refractivity (Wildman–Crippen MR) is 97.8 cm³/mol. The van der Waals surface area contributed by atoms with Crippen LogP contribution in [0.2, 0.25) is 0 Å². The van der Waals surface area contributed by atoms with Gasteiger partial charge in [-0.3, -0.25) is 0 Å². The maximum absolute atomic E-state index is 5.97. The highest BCUT2D eigenvalue weighted by Gasteiger charge is 2.06. The number of nitrogen functional groups attached to an aromatic ring is 1. The van der Waals surface area contributed by atoms with Gasteiger partial charge in [0.15, 0.2) is 11.6 Å². The molecule has 2 heterocycles. The van der Waals surface area contributed by atoms with Crippen LogP contribution in [0.4, 0.5) is 17.2 Å². The number of hydrogen-bond acceptors (Lipinski definition) is 6. The molecular formula is C19H14N6. The minimum Gasteiger partial charge on any atom is -0.382 e. The summed E-state index contributed by atoms with van der Waals surface area (Å²) >= 11 is 0. The highest BCUT2D eigenvalue weighted by atomic mass is 15.1. The molecule has 0 aliphatic heterocycles. The summed E-state index contributed by atoms with van der Waals surface area (Å²) in [4.78, 5) is 12.6. The van der Waals surface area contributed by atoms with Gasteiger partial charge in [-0.15, -0.1) is 5.11 Å². The van der Waals surface area contributed by atoms with Gasteiger partial charge in [-0.05, 0) is 30.3 Å². The molecule has 2 aromatic heterocycles. The maximum Gasteiger partial charge on any atom is 0.159 e. The number of benzene rings is 2. The van der Waals surface area contributed by atoms with Crippen LogP contribution in [-0.4, -0.2) is 15.0 Å². The molecule has 0 saturated heterocycles. The highest BCUT2D eigenvalue weighted by Crippen LogP contribution is 2.31. The molecule has 6 heteroatoms. The lowest BCUT2D eigenvalue weighted by Crippen LogP contribution is -1.90. The fraction of sp³-hybridized carbons (Fsp3) is 0. The van der Waals surface area contributed by atoms with E-state index in [1.54, 1.807) is 24.7 Å². The Labute approximate surface area is 144 Å². The highest BCUT2D eigenvalue weighted by molar-refractivity contribution is 5.95. The first-order valence-electron chi connectivity index (χ1n) is 7.74. The summed E-state index contributed by atoms with van der Waals surface area (Å²) in [6.07, 6.45) is 5.16. The first-order valence-corrected chi connectivity index (χ1v) is 7.74. The smallest absolute Gasteiger partial charge is 0.159 e. The molecule has 0 bridgehead atoms. The Morgan fingerprint density at radius 1 is 0.760 bits per heavy atom. The lowest BCUT2D eigenvalue weighted by atomic mass is 10.1. The monoisotopic (exact) mass is 326 g/mol. The van der Waals surface area contributed by atoms with E-state index in [4.69, 9.17) is 5.73 Å². The van der Waals surface area contributed by atoms with Gasteiger partial charge >= 0.3 is 0 Å². The van der Waals surface area contributed by atoms with Gasteiger partial charge in [0.25, 0.3) is 0 Å². The summed E-state index contributed by atoms with van der Waals surface area (Å²) < 4.78 is 0. The van der Waals surface area contributed by atoms with Crippen LogP contribution in [-0.2, 0) is 0 Å². The summed E-state index contributed by atoms with van der Waals surface area (Å²) in [5, 5.41) is 10.5. The van der Waals surface area contributed by atoms with Gasteiger partial charge in [0.05, 0.1) is 5.69 Å². The Hall–Kier alpha value is -3.67. The molecule has 0 aliphatic carbocycles. The van der Waals surface area contributed by atoms with Crippen LogP contribution < -0.4 is 5.73 Å². The van der Waals surface area contributed by atoms with Crippen molar-refractivity contribution < 1.29 is 0 Å². The Kier molecular flexibility index (Phi) is 3.84. The van der Waals surface area contributed by atoms with E-state index in [1.165, 1.54) is 0 Å². The van der Waals surface area contributed by atoms with E-state index in [0.29, 0.717) is 23.0 Å². The molecule has 4 aromatic rings. The lowest BCUT2D eigenvalue weighted by molar-refractivity contribution is 1.17. The second kappa shape index (κ2) is 6.45. The summed E-state index contributed by atoms with van der Waals surface area (Å²) in [7, 11) is 0. The molecule has 25 heavy (non-hydrogen) atoms. The quantitative estimate of drug-likeness (QED) is 0.553. The average Bonchev–Trinajstić information content (AvgIpc) is 2.68. The number of fused-ring (bicyclic) bond motifs is 1. The van der Waals surface area contributed by atoms with Crippen LogP contribution in [0.25, 0.3) is 22.2 Å². The molecule has 4 rings (SSSR count). The molecule has 2 N–H and O–H groups in total. The number of hydrogen-bond donors (Lipinski definition) is 1. The number of rotatable bonds is 3. The molecule has 120 valence electrons. The fourth-order valence-electron chi connectivity index (χ4n) is 2.50. The number of azo groups is 1. The van der Waals surface area contributed by atoms with Crippen molar-refractivity contribution in [2.45, 2.75) is 0 Å². The molecule has 6 nitrogen and oxygen atoms in total. The zero-order valence-corrected chi connectivity index (χ0v) is 13.2. The number of pyridine rings is 1. The third kappa shape index (κ3) is 3.05. The third-order valence-corrected chi connectivity index (χ3v) is 3.76. The summed E-state index contributed by atoms with van der Waals surface area (Å²) in [5.74, 6) is 1.03. The number of anilines is 1. The van der Waals surface area contributed by atoms with Gasteiger partial charge in [0.1, 0.15) is 5.69 Å². The second-order valence-electron chi connectivity index (χ2n) is 5.40. The Bertz CT molecular complexity index is 1040. The average molecular weight is 326 g/mol. The zero-order chi connectivity index (χ0) is 17.1. The van der Waals surface area contributed by atoms with Gasteiger partial charge in [0, 0.05) is 34.9 Å². The van der Waals surface area contributed by atoms with Crippen molar-refractivity contribution in [3.63, 3.8) is 0 Å². The maximum atomic E-state index is 5.97. The summed E-state index contributed by atoms with van der Waals surface area (Å²) in [5.41, 5.74) is 8.18. The topological polar surface area (TPSA) is 89.4 Å². The molecule has 0 saturated carbocycles. The van der Waals surface area contributed by atoms with Crippen LogP contribution in [0.3, 0.4) is 0 Å². The minimum absolute atomic E-state index is 0.358. The SMILES string of the molecule is Nc1ncc2ccccc2c1N=Nc1ccc(-c2ncccn2)cc1. The largest absolute Gasteiger partial charge is 0.382 e. The molecule has 0 atom stereocenters. The van der Waals surface area contributed by atoms with E-state index in [9.17, 15) is 0 Å². The van der Waals surface area contributed by atoms with Gasteiger partial charge < -0.3 is 5.73 Å². The van der Waals surface area contributed by atoms with Crippen molar-refractivity contribution >= 4 is 28.0 Å². The Morgan fingerprint density at radius 3 is 2.32 bits per heavy atom. The van der Waals surface area contributed by atoms with E-state index >= 15 is 0 Å². The first kappa shape index (κ1) is 14.9. The van der Waals surface area contributed by atoms with Crippen molar-refractivity contribution in [2.75, 3.05) is 5.73 Å². The minimum atomic E-state index is 0.358. The molecular weight excluding hydrogens is 312 g/mol. The van der Waals surface area contributed by atoms with Crippen LogP contribution in [0.15, 0.2) is 83.4 Å². The van der Waals surface area contributed by atoms with Gasteiger partial charge in [0.2, 0.25) is 0 Å². The normalized spacial score (nSPS) is 11.2. The summed E-state index contributed by atoms with van der Waals surface area (Å²) in [6, 6.07) is 17.2. The molecule has 0 fully saturated rings. The van der Waals surface area contributed by atoms with Crippen LogP contribution in [0.5, 0.6) is 0 Å². The van der Waals surface area contributed by atoms with E-state index in [-0.39, 0.29) is 0 Å². The van der Waals surface area contributed by atoms with Crippen molar-refractivity contribution in [3.8, 4) is 11.4 Å². The molecule has 0 amide bonds. The number of nitrogens with two attached hydrogens (primary N) is 1. The van der Waals surface area contributed by atoms with Crippen molar-refractivity contribution in [1.82, 2.24) is 15.0 Å². The van der Waals surface area contributed by atoms with Gasteiger partial charge in [-0.1, -0.05) is 24.3 Å². The molecule has 0 radical (unpaired) electrons. The van der Waals surface area contributed by atoms with Crippen molar-refractivity contribution in [3.05, 3.63) is 73.2 Å². The summed E-state index contributed by atoms with van der Waals surface area (Å²) in [6.45, 7) is 0. The standard InChI is InChI=1S/C19H14N6/c20-18-17(16-5-2-1-4-14(16)12-23-18)25-24-15-8-6-13(7-9-15)19-21-10-3-11-22-19/h1-12H,(H2,20,23). The van der Waals surface area contributed by atoms with Gasteiger partial charge in [-0.25, -0.2) is 15.0 Å². The van der Waals surface area contributed by atoms with E-state index < -0.39 is 0 Å². The number of aromatic nitrogens is 3. The van der Waals surface area contributed by atoms with Crippen molar-refractivity contribution in [1.29, 1.82) is 0 Å². The Balaban J connectivity index is 1.66. The van der Waals surface area contributed by atoms with E-state index in [2.05, 4.69) is 25.2 Å². The van der Waals surface area contributed by atoms with Crippen LogP contribution >= 0.6 is 0 Å². The van der Waals surface area contributed by atoms with Gasteiger partial charge in [-0.2, -0.15) is 5.11 Å². The zero-order valence-electron chi connectivity index (χ0n) is 13.2. The molecule has 0 unspecified atom stereocenters. The van der Waals surface area contributed by atoms with E-state index in [1.807, 2.05) is 48.5 Å². The number of nitrogens with zero attached hydrogens (tertiary/aromatic N) is 5. The second-order valence-corrected chi connectivity index (χ2v) is 5.40. The first-order chi connectivity index (χ1) is 12.3. The van der Waals surface area contributed by atoms with Crippen LogP contribution in [0.1, 0.15) is 0 Å². The van der Waals surface area contributed by atoms with Crippen molar-refractivity contribution in [2.24, 2.45) is 10.2 Å². The molecule has 0 spiro atoms. The fourth-order valence-corrected chi connectivity index (χ4v) is 2.50. The molecule has 0 aliphatic rings. The Morgan fingerprint density at radius 2 is 1.52 bits per heavy atom. The van der Waals surface area contributed by atoms with Crippen LogP contribution in [0, 0.1) is 0 Å². The molecule has 2 aromatic carbocycles. The lowest BCUT2D eigenvalue weighted by Gasteiger charge is -2.03. The van der Waals surface area contributed by atoms with E-state index in [0.717, 1.165) is 16.3 Å². The third-order valence-electron chi connectivity index (χ3n) is 3.76.